The highest BCUT2D eigenvalue weighted by Gasteiger charge is 2.02. The summed E-state index contributed by atoms with van der Waals surface area (Å²) in [7, 11) is -3.32. The third kappa shape index (κ3) is 6.93. The van der Waals surface area contributed by atoms with Gasteiger partial charge in [-0.3, -0.25) is 9.52 Å². The smallest absolute Gasteiger partial charge is 0.248 e. The van der Waals surface area contributed by atoms with Gasteiger partial charge in [-0.25, -0.2) is 13.4 Å². The zero-order valence-electron chi connectivity index (χ0n) is 16.2. The van der Waals surface area contributed by atoms with Crippen LogP contribution in [0.5, 0.6) is 0 Å². The molecule has 150 valence electrons. The number of anilines is 2. The van der Waals surface area contributed by atoms with Crippen LogP contribution in [0.15, 0.2) is 79.0 Å². The summed E-state index contributed by atoms with van der Waals surface area (Å²) in [5, 5.41) is 2.79. The van der Waals surface area contributed by atoms with Gasteiger partial charge in [0.25, 0.3) is 0 Å². The van der Waals surface area contributed by atoms with Crippen molar-refractivity contribution in [3.63, 3.8) is 0 Å². The fourth-order valence-corrected chi connectivity index (χ4v) is 3.04. The molecule has 0 bridgehead atoms. The number of pyridine rings is 1. The molecule has 0 aliphatic heterocycles. The quantitative estimate of drug-likeness (QED) is 0.491. The number of benzene rings is 2. The van der Waals surface area contributed by atoms with Gasteiger partial charge in [0.15, 0.2) is 0 Å². The molecule has 1 aromatic heterocycles. The van der Waals surface area contributed by atoms with E-state index in [0.29, 0.717) is 17.1 Å². The third-order valence-corrected chi connectivity index (χ3v) is 4.38. The highest BCUT2D eigenvalue weighted by molar-refractivity contribution is 7.92. The van der Waals surface area contributed by atoms with E-state index < -0.39 is 10.0 Å². The molecule has 0 saturated heterocycles. The number of sulfonamides is 1. The Kier molecular flexibility index (Phi) is 6.63. The van der Waals surface area contributed by atoms with Crippen LogP contribution in [0, 0.1) is 11.8 Å². The van der Waals surface area contributed by atoms with Crippen molar-refractivity contribution in [3.8, 4) is 11.8 Å². The summed E-state index contributed by atoms with van der Waals surface area (Å²) in [4.78, 5) is 16.3. The lowest BCUT2D eigenvalue weighted by molar-refractivity contribution is -0.111. The van der Waals surface area contributed by atoms with Crippen molar-refractivity contribution in [3.05, 3.63) is 95.8 Å². The fourth-order valence-electron chi connectivity index (χ4n) is 2.48. The van der Waals surface area contributed by atoms with E-state index in [4.69, 9.17) is 0 Å². The number of amides is 1. The minimum absolute atomic E-state index is 0.289. The average Bonchev–Trinajstić information content (AvgIpc) is 2.72. The Morgan fingerprint density at radius 2 is 1.77 bits per heavy atom. The molecule has 2 aromatic carbocycles. The molecule has 30 heavy (non-hydrogen) atoms. The van der Waals surface area contributed by atoms with Gasteiger partial charge < -0.3 is 5.32 Å². The van der Waals surface area contributed by atoms with E-state index in [1.807, 2.05) is 30.3 Å². The number of carbonyl (C=O) groups is 1. The first-order chi connectivity index (χ1) is 14.4. The fraction of sp³-hybridized carbons (Fsp3) is 0.0435. The summed E-state index contributed by atoms with van der Waals surface area (Å²) >= 11 is 0. The monoisotopic (exact) mass is 417 g/mol. The molecule has 0 aliphatic carbocycles. The molecular formula is C23H19N3O3S. The van der Waals surface area contributed by atoms with Crippen molar-refractivity contribution in [1.29, 1.82) is 0 Å². The van der Waals surface area contributed by atoms with E-state index in [0.717, 1.165) is 17.4 Å². The zero-order chi connectivity index (χ0) is 21.4. The van der Waals surface area contributed by atoms with E-state index in [2.05, 4.69) is 26.9 Å². The van der Waals surface area contributed by atoms with Gasteiger partial charge in [-0.05, 0) is 60.0 Å². The molecule has 3 aromatic rings. The molecule has 0 radical (unpaired) electrons. The summed E-state index contributed by atoms with van der Waals surface area (Å²) in [5.41, 5.74) is 3.29. The maximum atomic E-state index is 12.2. The summed E-state index contributed by atoms with van der Waals surface area (Å²) in [6.45, 7) is 0. The second-order valence-electron chi connectivity index (χ2n) is 6.36. The van der Waals surface area contributed by atoms with Crippen LogP contribution in [0.1, 0.15) is 16.8 Å². The lowest BCUT2D eigenvalue weighted by atomic mass is 10.2. The van der Waals surface area contributed by atoms with Gasteiger partial charge in [-0.2, -0.15) is 0 Å². The van der Waals surface area contributed by atoms with E-state index in [9.17, 15) is 13.2 Å². The standard InChI is InChI=1S/C23H19N3O3S/c1-30(28,29)26-21-13-8-18(9-14-21)11-15-23(27)25-22-7-4-5-19(17-22)10-12-20-6-2-3-16-24-20/h2-9,11,13-17,26H,1H3,(H,25,27)/b15-11+. The number of nitrogens with one attached hydrogen (secondary N) is 2. The van der Waals surface area contributed by atoms with Crippen LogP contribution in [-0.4, -0.2) is 25.6 Å². The first-order valence-corrected chi connectivity index (χ1v) is 10.9. The van der Waals surface area contributed by atoms with Crippen LogP contribution < -0.4 is 10.0 Å². The molecule has 0 aliphatic rings. The van der Waals surface area contributed by atoms with E-state index in [1.54, 1.807) is 48.7 Å². The number of aromatic nitrogens is 1. The number of rotatable bonds is 5. The molecule has 6 nitrogen and oxygen atoms in total. The number of carbonyl (C=O) groups excluding carboxylic acids is 1. The van der Waals surface area contributed by atoms with Gasteiger partial charge in [0, 0.05) is 29.2 Å². The van der Waals surface area contributed by atoms with Gasteiger partial charge in [0.2, 0.25) is 15.9 Å². The first kappa shape index (κ1) is 20.8. The zero-order valence-corrected chi connectivity index (χ0v) is 17.0. The molecule has 7 heteroatoms. The molecule has 0 fully saturated rings. The van der Waals surface area contributed by atoms with E-state index in [-0.39, 0.29) is 5.91 Å². The average molecular weight is 417 g/mol. The highest BCUT2D eigenvalue weighted by atomic mass is 32.2. The van der Waals surface area contributed by atoms with E-state index >= 15 is 0 Å². The van der Waals surface area contributed by atoms with Crippen molar-refractivity contribution < 1.29 is 13.2 Å². The summed E-state index contributed by atoms with van der Waals surface area (Å²) in [5.74, 6) is 5.71. The van der Waals surface area contributed by atoms with Gasteiger partial charge in [-0.1, -0.05) is 30.2 Å². The van der Waals surface area contributed by atoms with Crippen LogP contribution in [0.3, 0.4) is 0 Å². The Balaban J connectivity index is 1.61. The van der Waals surface area contributed by atoms with Crippen molar-refractivity contribution in [2.24, 2.45) is 0 Å². The molecule has 0 atom stereocenters. The molecule has 1 amide bonds. The van der Waals surface area contributed by atoms with Crippen molar-refractivity contribution in [2.75, 3.05) is 16.3 Å². The van der Waals surface area contributed by atoms with Gasteiger partial charge in [0.05, 0.1) is 6.26 Å². The third-order valence-electron chi connectivity index (χ3n) is 3.77. The predicted octanol–water partition coefficient (Wildman–Crippen LogP) is 3.50. The van der Waals surface area contributed by atoms with E-state index in [1.165, 1.54) is 6.08 Å². The molecule has 2 N–H and O–H groups in total. The molecular weight excluding hydrogens is 398 g/mol. The van der Waals surface area contributed by atoms with Crippen molar-refractivity contribution in [2.45, 2.75) is 0 Å². The van der Waals surface area contributed by atoms with Gasteiger partial charge in [0.1, 0.15) is 5.69 Å². The Morgan fingerprint density at radius 3 is 2.47 bits per heavy atom. The minimum atomic E-state index is -3.32. The summed E-state index contributed by atoms with van der Waals surface area (Å²) in [6.07, 6.45) is 5.82. The second-order valence-corrected chi connectivity index (χ2v) is 8.11. The van der Waals surface area contributed by atoms with Crippen LogP contribution in [0.2, 0.25) is 0 Å². The maximum Gasteiger partial charge on any atom is 0.248 e. The van der Waals surface area contributed by atoms with Gasteiger partial charge in [-0.15, -0.1) is 0 Å². The number of nitrogens with zero attached hydrogens (tertiary/aromatic N) is 1. The lowest BCUT2D eigenvalue weighted by Gasteiger charge is -2.04. The molecule has 1 heterocycles. The Labute approximate surface area is 175 Å². The minimum Gasteiger partial charge on any atom is -0.322 e. The van der Waals surface area contributed by atoms with Crippen molar-refractivity contribution >= 4 is 33.4 Å². The first-order valence-electron chi connectivity index (χ1n) is 8.97. The second kappa shape index (κ2) is 9.54. The topological polar surface area (TPSA) is 88.2 Å². The predicted molar refractivity (Wildman–Crippen MR) is 119 cm³/mol. The summed E-state index contributed by atoms with van der Waals surface area (Å²) in [6, 6.07) is 19.4. The number of hydrogen-bond acceptors (Lipinski definition) is 4. The van der Waals surface area contributed by atoms with Crippen LogP contribution in [0.4, 0.5) is 11.4 Å². The normalized spacial score (nSPS) is 10.8. The SMILES string of the molecule is CS(=O)(=O)Nc1ccc(/C=C/C(=O)Nc2cccc(C#Cc3ccccn3)c2)cc1. The van der Waals surface area contributed by atoms with Crippen LogP contribution >= 0.6 is 0 Å². The van der Waals surface area contributed by atoms with Crippen LogP contribution in [0.25, 0.3) is 6.08 Å². The van der Waals surface area contributed by atoms with Gasteiger partial charge >= 0.3 is 0 Å². The lowest BCUT2D eigenvalue weighted by Crippen LogP contribution is -2.09. The Hall–Kier alpha value is -3.89. The van der Waals surface area contributed by atoms with Crippen molar-refractivity contribution in [1.82, 2.24) is 4.98 Å². The molecule has 3 rings (SSSR count). The Bertz CT molecular complexity index is 1220. The highest BCUT2D eigenvalue weighted by Crippen LogP contribution is 2.13. The largest absolute Gasteiger partial charge is 0.322 e. The Morgan fingerprint density at radius 1 is 0.967 bits per heavy atom. The molecule has 0 unspecified atom stereocenters. The molecule has 0 saturated carbocycles. The van der Waals surface area contributed by atoms with Crippen LogP contribution in [-0.2, 0) is 14.8 Å². The molecule has 0 spiro atoms. The number of hydrogen-bond donors (Lipinski definition) is 2. The summed E-state index contributed by atoms with van der Waals surface area (Å²) < 4.78 is 24.8. The maximum absolute atomic E-state index is 12.2.